The Hall–Kier alpha value is -2.20. The van der Waals surface area contributed by atoms with E-state index in [0.717, 1.165) is 37.1 Å². The molecule has 2 amide bonds. The average molecular weight is 357 g/mol. The fourth-order valence-electron chi connectivity index (χ4n) is 3.66. The first-order valence-corrected chi connectivity index (χ1v) is 9.10. The van der Waals surface area contributed by atoms with Crippen LogP contribution in [-0.4, -0.2) is 29.6 Å². The van der Waals surface area contributed by atoms with E-state index in [1.807, 2.05) is 23.1 Å². The largest absolute Gasteiger partial charge is 0.487 e. The second-order valence-electron chi connectivity index (χ2n) is 6.82. The molecule has 1 N–H and O–H groups in total. The third kappa shape index (κ3) is 3.45. The fourth-order valence-corrected chi connectivity index (χ4v) is 3.79. The molecule has 2 aromatic carbocycles. The van der Waals surface area contributed by atoms with Gasteiger partial charge in [0.25, 0.3) is 0 Å². The molecule has 130 valence electrons. The summed E-state index contributed by atoms with van der Waals surface area (Å²) in [5.41, 5.74) is 1.93. The van der Waals surface area contributed by atoms with E-state index in [-0.39, 0.29) is 11.6 Å². The SMILES string of the molecule is O=C(Nc1ccc(Cl)cc1)N1CCC2(CCc3ccccc3O2)CC1. The number of fused-ring (bicyclic) bond motifs is 1. The maximum Gasteiger partial charge on any atom is 0.321 e. The molecular formula is C20H21ClN2O2. The molecule has 1 saturated heterocycles. The van der Waals surface area contributed by atoms with Crippen LogP contribution in [0.1, 0.15) is 24.8 Å². The molecule has 4 rings (SSSR count). The topological polar surface area (TPSA) is 41.6 Å². The van der Waals surface area contributed by atoms with Gasteiger partial charge in [-0.15, -0.1) is 0 Å². The quantitative estimate of drug-likeness (QED) is 0.802. The Kier molecular flexibility index (Phi) is 4.30. The number of nitrogens with zero attached hydrogens (tertiary/aromatic N) is 1. The minimum absolute atomic E-state index is 0.0617. The standard InChI is InChI=1S/C20H21ClN2O2/c21-16-5-7-17(8-6-16)22-19(24)23-13-11-20(12-14-23)10-9-15-3-1-2-4-18(15)25-20/h1-8H,9-14H2,(H,22,24). The molecule has 2 aromatic rings. The molecule has 2 aliphatic heterocycles. The smallest absolute Gasteiger partial charge is 0.321 e. The summed E-state index contributed by atoms with van der Waals surface area (Å²) in [7, 11) is 0. The monoisotopic (exact) mass is 356 g/mol. The Balaban J connectivity index is 1.37. The summed E-state index contributed by atoms with van der Waals surface area (Å²) < 4.78 is 6.35. The van der Waals surface area contributed by atoms with E-state index in [1.165, 1.54) is 5.56 Å². The third-order valence-corrected chi connectivity index (χ3v) is 5.46. The lowest BCUT2D eigenvalue weighted by atomic mass is 9.83. The van der Waals surface area contributed by atoms with Crippen LogP contribution >= 0.6 is 11.6 Å². The number of aryl methyl sites for hydroxylation is 1. The highest BCUT2D eigenvalue weighted by molar-refractivity contribution is 6.30. The van der Waals surface area contributed by atoms with Crippen LogP contribution in [0, 0.1) is 0 Å². The minimum atomic E-state index is -0.120. The van der Waals surface area contributed by atoms with Crippen LogP contribution in [-0.2, 0) is 6.42 Å². The van der Waals surface area contributed by atoms with Crippen molar-refractivity contribution in [2.75, 3.05) is 18.4 Å². The van der Waals surface area contributed by atoms with Crippen molar-refractivity contribution in [3.05, 3.63) is 59.1 Å². The molecule has 0 aromatic heterocycles. The normalized spacial score (nSPS) is 18.4. The van der Waals surface area contributed by atoms with Crippen LogP contribution in [0.15, 0.2) is 48.5 Å². The summed E-state index contributed by atoms with van der Waals surface area (Å²) in [4.78, 5) is 14.3. The van der Waals surface area contributed by atoms with Crippen molar-refractivity contribution in [1.29, 1.82) is 0 Å². The molecular weight excluding hydrogens is 336 g/mol. The molecule has 0 atom stereocenters. The van der Waals surface area contributed by atoms with Crippen LogP contribution in [0.5, 0.6) is 5.75 Å². The Bertz CT molecular complexity index is 768. The predicted octanol–water partition coefficient (Wildman–Crippen LogP) is 4.73. The van der Waals surface area contributed by atoms with E-state index in [4.69, 9.17) is 16.3 Å². The van der Waals surface area contributed by atoms with Crippen LogP contribution in [0.25, 0.3) is 0 Å². The van der Waals surface area contributed by atoms with Gasteiger partial charge in [0.1, 0.15) is 11.4 Å². The van der Waals surface area contributed by atoms with Gasteiger partial charge in [-0.05, 0) is 48.7 Å². The zero-order valence-corrected chi connectivity index (χ0v) is 14.8. The van der Waals surface area contributed by atoms with E-state index >= 15 is 0 Å². The summed E-state index contributed by atoms with van der Waals surface area (Å²) in [6.45, 7) is 1.42. The van der Waals surface area contributed by atoms with E-state index in [9.17, 15) is 4.79 Å². The summed E-state index contributed by atoms with van der Waals surface area (Å²) in [6, 6.07) is 15.4. The number of carbonyl (C=O) groups excluding carboxylic acids is 1. The van der Waals surface area contributed by atoms with Gasteiger partial charge in [-0.3, -0.25) is 0 Å². The first-order chi connectivity index (χ1) is 12.1. The van der Waals surface area contributed by atoms with Crippen LogP contribution < -0.4 is 10.1 Å². The number of nitrogens with one attached hydrogen (secondary N) is 1. The minimum Gasteiger partial charge on any atom is -0.487 e. The van der Waals surface area contributed by atoms with Crippen LogP contribution in [0.4, 0.5) is 10.5 Å². The van der Waals surface area contributed by atoms with Crippen molar-refractivity contribution in [3.63, 3.8) is 0 Å². The van der Waals surface area contributed by atoms with Gasteiger partial charge in [0.2, 0.25) is 0 Å². The molecule has 1 spiro atoms. The number of para-hydroxylation sites is 1. The number of ether oxygens (including phenoxy) is 1. The lowest BCUT2D eigenvalue weighted by Crippen LogP contribution is -2.52. The number of halogens is 1. The Labute approximate surface area is 152 Å². The summed E-state index contributed by atoms with van der Waals surface area (Å²) in [5, 5.41) is 3.59. The van der Waals surface area contributed by atoms with E-state index < -0.39 is 0 Å². The first-order valence-electron chi connectivity index (χ1n) is 8.72. The Morgan fingerprint density at radius 2 is 1.76 bits per heavy atom. The van der Waals surface area contributed by atoms with Crippen molar-refractivity contribution in [1.82, 2.24) is 4.90 Å². The lowest BCUT2D eigenvalue weighted by molar-refractivity contribution is -0.00434. The van der Waals surface area contributed by atoms with Crippen molar-refractivity contribution >= 4 is 23.3 Å². The molecule has 0 aliphatic carbocycles. The van der Waals surface area contributed by atoms with Gasteiger partial charge in [0, 0.05) is 36.6 Å². The molecule has 0 radical (unpaired) electrons. The van der Waals surface area contributed by atoms with E-state index in [0.29, 0.717) is 18.1 Å². The molecule has 0 bridgehead atoms. The average Bonchev–Trinajstić information content (AvgIpc) is 2.64. The molecule has 0 saturated carbocycles. The van der Waals surface area contributed by atoms with Gasteiger partial charge in [-0.1, -0.05) is 29.8 Å². The number of anilines is 1. The van der Waals surface area contributed by atoms with Gasteiger partial charge < -0.3 is 15.0 Å². The summed E-state index contributed by atoms with van der Waals surface area (Å²) in [6.07, 6.45) is 3.81. The predicted molar refractivity (Wildman–Crippen MR) is 99.4 cm³/mol. The Morgan fingerprint density at radius 1 is 1.04 bits per heavy atom. The molecule has 2 heterocycles. The second-order valence-corrected chi connectivity index (χ2v) is 7.25. The van der Waals surface area contributed by atoms with Crippen LogP contribution in [0.2, 0.25) is 5.02 Å². The van der Waals surface area contributed by atoms with Gasteiger partial charge >= 0.3 is 6.03 Å². The number of amides is 2. The number of benzene rings is 2. The van der Waals surface area contributed by atoms with Crippen molar-refractivity contribution < 1.29 is 9.53 Å². The van der Waals surface area contributed by atoms with Gasteiger partial charge in [0.05, 0.1) is 0 Å². The molecule has 1 fully saturated rings. The summed E-state index contributed by atoms with van der Waals surface area (Å²) in [5.74, 6) is 1.01. The fraction of sp³-hybridized carbons (Fsp3) is 0.350. The van der Waals surface area contributed by atoms with Crippen LogP contribution in [0.3, 0.4) is 0 Å². The molecule has 5 heteroatoms. The first kappa shape index (κ1) is 16.3. The number of carbonyl (C=O) groups is 1. The number of rotatable bonds is 1. The number of hydrogen-bond acceptors (Lipinski definition) is 2. The maximum atomic E-state index is 12.5. The van der Waals surface area contributed by atoms with E-state index in [1.54, 1.807) is 12.1 Å². The Morgan fingerprint density at radius 3 is 2.52 bits per heavy atom. The van der Waals surface area contributed by atoms with Gasteiger partial charge in [-0.25, -0.2) is 4.79 Å². The molecule has 2 aliphatic rings. The highest BCUT2D eigenvalue weighted by atomic mass is 35.5. The summed E-state index contributed by atoms with van der Waals surface area (Å²) >= 11 is 5.88. The number of likely N-dealkylation sites (tertiary alicyclic amines) is 1. The molecule has 0 unspecified atom stereocenters. The van der Waals surface area contributed by atoms with Gasteiger partial charge in [-0.2, -0.15) is 0 Å². The highest BCUT2D eigenvalue weighted by Gasteiger charge is 2.40. The molecule has 4 nitrogen and oxygen atoms in total. The molecule has 25 heavy (non-hydrogen) atoms. The zero-order chi connectivity index (χ0) is 17.3. The van der Waals surface area contributed by atoms with Crippen molar-refractivity contribution in [2.24, 2.45) is 0 Å². The van der Waals surface area contributed by atoms with Crippen molar-refractivity contribution in [2.45, 2.75) is 31.3 Å². The maximum absolute atomic E-state index is 12.5. The lowest BCUT2D eigenvalue weighted by Gasteiger charge is -2.44. The van der Waals surface area contributed by atoms with Crippen molar-refractivity contribution in [3.8, 4) is 5.75 Å². The third-order valence-electron chi connectivity index (χ3n) is 5.21. The second kappa shape index (κ2) is 6.60. The number of piperidine rings is 1. The highest BCUT2D eigenvalue weighted by Crippen LogP contribution is 2.39. The number of hydrogen-bond donors (Lipinski definition) is 1. The number of urea groups is 1. The van der Waals surface area contributed by atoms with E-state index in [2.05, 4.69) is 23.5 Å². The van der Waals surface area contributed by atoms with Gasteiger partial charge in [0.15, 0.2) is 0 Å². The zero-order valence-electron chi connectivity index (χ0n) is 14.0.